The molecule has 2 amide bonds. The zero-order valence-corrected chi connectivity index (χ0v) is 24.0. The Kier molecular flexibility index (Phi) is 8.43. The molecule has 2 aliphatic heterocycles. The number of hydrogen-bond donors (Lipinski definition) is 0. The topological polar surface area (TPSA) is 49.9 Å². The summed E-state index contributed by atoms with van der Waals surface area (Å²) in [4.78, 5) is 30.5. The molecule has 0 aliphatic carbocycles. The summed E-state index contributed by atoms with van der Waals surface area (Å²) in [7, 11) is 0. The van der Waals surface area contributed by atoms with Crippen LogP contribution < -0.4 is 4.74 Å². The van der Waals surface area contributed by atoms with Gasteiger partial charge in [0.25, 0.3) is 11.8 Å². The van der Waals surface area contributed by atoms with E-state index < -0.39 is 17.2 Å². The fourth-order valence-corrected chi connectivity index (χ4v) is 5.89. The van der Waals surface area contributed by atoms with E-state index in [0.717, 1.165) is 56.5 Å². The molecule has 2 heterocycles. The average molecular weight is 561 g/mol. The lowest BCUT2D eigenvalue weighted by atomic mass is 9.90. The zero-order chi connectivity index (χ0) is 29.1. The number of rotatable bonds is 6. The van der Waals surface area contributed by atoms with Crippen LogP contribution in [0.3, 0.4) is 0 Å². The van der Waals surface area contributed by atoms with Gasteiger partial charge in [-0.3, -0.25) is 9.59 Å². The van der Waals surface area contributed by atoms with Crippen LogP contribution in [-0.4, -0.2) is 53.4 Å². The lowest BCUT2D eigenvalue weighted by Crippen LogP contribution is -2.51. The fraction of sp³-hybridized carbons (Fsp3) is 0.412. The van der Waals surface area contributed by atoms with Gasteiger partial charge >= 0.3 is 0 Å². The molecule has 0 aromatic heterocycles. The second-order valence-electron chi connectivity index (χ2n) is 12.0. The second kappa shape index (κ2) is 12.0. The van der Waals surface area contributed by atoms with Crippen molar-refractivity contribution in [1.29, 1.82) is 0 Å². The van der Waals surface area contributed by atoms with Gasteiger partial charge in [-0.2, -0.15) is 0 Å². The number of piperidine rings is 2. The van der Waals surface area contributed by atoms with E-state index >= 15 is 0 Å². The largest absolute Gasteiger partial charge is 0.478 e. The molecule has 2 aliphatic rings. The van der Waals surface area contributed by atoms with Crippen molar-refractivity contribution in [3.63, 3.8) is 0 Å². The Hall–Kier alpha value is -3.74. The zero-order valence-electron chi connectivity index (χ0n) is 24.0. The van der Waals surface area contributed by atoms with Crippen molar-refractivity contribution < 1.29 is 23.1 Å². The van der Waals surface area contributed by atoms with Gasteiger partial charge in [0, 0.05) is 37.7 Å². The Morgan fingerprint density at radius 1 is 0.829 bits per heavy atom. The summed E-state index contributed by atoms with van der Waals surface area (Å²) in [6.07, 6.45) is 3.84. The van der Waals surface area contributed by atoms with E-state index in [4.69, 9.17) is 4.74 Å². The SMILES string of the molecule is CC1CCN(C(=O)C(C)(C)Oc2cccc(C3CCCN(C(=O)c4cccc(-c5ccc(F)c(F)c5)c4)C3)c2)CC1. The third kappa shape index (κ3) is 6.61. The minimum atomic E-state index is -0.980. The summed E-state index contributed by atoms with van der Waals surface area (Å²) in [5.74, 6) is -0.476. The predicted octanol–water partition coefficient (Wildman–Crippen LogP) is 7.07. The molecule has 0 saturated carbocycles. The third-order valence-corrected chi connectivity index (χ3v) is 8.36. The van der Waals surface area contributed by atoms with Crippen LogP contribution in [0.25, 0.3) is 11.1 Å². The molecule has 5 nitrogen and oxygen atoms in total. The molecule has 1 unspecified atom stereocenters. The summed E-state index contributed by atoms with van der Waals surface area (Å²) in [5, 5.41) is 0. The number of hydrogen-bond acceptors (Lipinski definition) is 3. The van der Waals surface area contributed by atoms with Crippen molar-refractivity contribution in [3.8, 4) is 16.9 Å². The normalized spacial score (nSPS) is 18.3. The Labute approximate surface area is 241 Å². The van der Waals surface area contributed by atoms with E-state index in [0.29, 0.717) is 41.4 Å². The van der Waals surface area contributed by atoms with E-state index in [1.165, 1.54) is 6.07 Å². The second-order valence-corrected chi connectivity index (χ2v) is 12.0. The smallest absolute Gasteiger partial charge is 0.266 e. The maximum absolute atomic E-state index is 13.8. The average Bonchev–Trinajstić information content (AvgIpc) is 2.98. The molecule has 0 radical (unpaired) electrons. The molecule has 5 rings (SSSR count). The molecule has 216 valence electrons. The Morgan fingerprint density at radius 3 is 2.32 bits per heavy atom. The van der Waals surface area contributed by atoms with Gasteiger partial charge in [0.2, 0.25) is 0 Å². The van der Waals surface area contributed by atoms with Gasteiger partial charge in [-0.25, -0.2) is 8.78 Å². The van der Waals surface area contributed by atoms with Gasteiger partial charge in [-0.05, 0) is 98.5 Å². The molecule has 3 aromatic carbocycles. The van der Waals surface area contributed by atoms with Gasteiger partial charge in [-0.15, -0.1) is 0 Å². The number of benzene rings is 3. The lowest BCUT2D eigenvalue weighted by molar-refractivity contribution is -0.146. The van der Waals surface area contributed by atoms with Crippen molar-refractivity contribution >= 4 is 11.8 Å². The van der Waals surface area contributed by atoms with E-state index in [1.807, 2.05) is 41.8 Å². The van der Waals surface area contributed by atoms with Crippen LogP contribution >= 0.6 is 0 Å². The Balaban J connectivity index is 1.27. The van der Waals surface area contributed by atoms with E-state index in [-0.39, 0.29) is 17.7 Å². The molecule has 2 saturated heterocycles. The van der Waals surface area contributed by atoms with Gasteiger partial charge in [-0.1, -0.05) is 37.3 Å². The summed E-state index contributed by atoms with van der Waals surface area (Å²) >= 11 is 0. The number of carbonyl (C=O) groups is 2. The van der Waals surface area contributed by atoms with Crippen LogP contribution in [0.1, 0.15) is 68.3 Å². The maximum Gasteiger partial charge on any atom is 0.266 e. The minimum absolute atomic E-state index is 0.00912. The molecule has 7 heteroatoms. The van der Waals surface area contributed by atoms with Crippen LogP contribution in [0, 0.1) is 17.6 Å². The fourth-order valence-electron chi connectivity index (χ4n) is 5.89. The van der Waals surface area contributed by atoms with E-state index in [9.17, 15) is 18.4 Å². The van der Waals surface area contributed by atoms with Gasteiger partial charge < -0.3 is 14.5 Å². The maximum atomic E-state index is 13.8. The highest BCUT2D eigenvalue weighted by atomic mass is 19.2. The number of amides is 2. The van der Waals surface area contributed by atoms with Crippen molar-refractivity contribution in [2.24, 2.45) is 5.92 Å². The lowest BCUT2D eigenvalue weighted by Gasteiger charge is -2.36. The first kappa shape index (κ1) is 28.8. The number of carbonyl (C=O) groups excluding carboxylic acids is 2. The molecule has 0 spiro atoms. The van der Waals surface area contributed by atoms with Crippen molar-refractivity contribution in [1.82, 2.24) is 9.80 Å². The number of halogens is 2. The molecular formula is C34H38F2N2O3. The molecule has 2 fully saturated rings. The van der Waals surface area contributed by atoms with Crippen LogP contribution in [0.5, 0.6) is 5.75 Å². The first-order valence-electron chi connectivity index (χ1n) is 14.5. The first-order chi connectivity index (χ1) is 19.6. The van der Waals surface area contributed by atoms with Gasteiger partial charge in [0.1, 0.15) is 5.75 Å². The molecular weight excluding hydrogens is 522 g/mol. The summed E-state index contributed by atoms with van der Waals surface area (Å²) in [6.45, 7) is 8.63. The number of ether oxygens (including phenoxy) is 1. The van der Waals surface area contributed by atoms with Crippen molar-refractivity contribution in [2.45, 2.75) is 58.0 Å². The predicted molar refractivity (Wildman–Crippen MR) is 156 cm³/mol. The quantitative estimate of drug-likeness (QED) is 0.324. The van der Waals surface area contributed by atoms with Crippen LogP contribution in [0.15, 0.2) is 66.7 Å². The van der Waals surface area contributed by atoms with Crippen LogP contribution in [0.2, 0.25) is 0 Å². The van der Waals surface area contributed by atoms with Gasteiger partial charge in [0.15, 0.2) is 17.2 Å². The first-order valence-corrected chi connectivity index (χ1v) is 14.5. The van der Waals surface area contributed by atoms with Crippen molar-refractivity contribution in [3.05, 3.63) is 89.5 Å². The Morgan fingerprint density at radius 2 is 1.56 bits per heavy atom. The summed E-state index contributed by atoms with van der Waals surface area (Å²) in [5.41, 5.74) is 1.78. The monoisotopic (exact) mass is 560 g/mol. The highest BCUT2D eigenvalue weighted by molar-refractivity contribution is 5.95. The molecule has 1 atom stereocenters. The van der Waals surface area contributed by atoms with Crippen LogP contribution in [-0.2, 0) is 4.79 Å². The number of likely N-dealkylation sites (tertiary alicyclic amines) is 2. The highest BCUT2D eigenvalue weighted by Crippen LogP contribution is 2.32. The Bertz CT molecular complexity index is 1410. The molecule has 41 heavy (non-hydrogen) atoms. The van der Waals surface area contributed by atoms with E-state index in [2.05, 4.69) is 13.0 Å². The number of nitrogens with zero attached hydrogens (tertiary/aromatic N) is 2. The summed E-state index contributed by atoms with van der Waals surface area (Å²) in [6, 6.07) is 18.7. The van der Waals surface area contributed by atoms with Crippen LogP contribution in [0.4, 0.5) is 8.78 Å². The van der Waals surface area contributed by atoms with Gasteiger partial charge in [0.05, 0.1) is 0 Å². The summed E-state index contributed by atoms with van der Waals surface area (Å²) < 4.78 is 33.5. The molecule has 0 N–H and O–H groups in total. The molecule has 3 aromatic rings. The standard InChI is InChI=1S/C34H38F2N2O3/c1-23-14-17-37(18-15-23)33(40)34(2,3)41-29-11-5-8-25(20-29)28-10-6-16-38(22-28)32(39)27-9-4-7-24(19-27)26-12-13-30(35)31(36)21-26/h4-5,7-9,11-13,19-21,23,28H,6,10,14-18,22H2,1-3H3. The van der Waals surface area contributed by atoms with E-state index in [1.54, 1.807) is 24.3 Å². The molecule has 0 bridgehead atoms. The minimum Gasteiger partial charge on any atom is -0.478 e. The highest BCUT2D eigenvalue weighted by Gasteiger charge is 2.36. The third-order valence-electron chi connectivity index (χ3n) is 8.36. The van der Waals surface area contributed by atoms with Crippen molar-refractivity contribution in [2.75, 3.05) is 26.2 Å².